The maximum Gasteiger partial charge on any atom is 0.131 e. The van der Waals surface area contributed by atoms with Gasteiger partial charge in [0.2, 0.25) is 0 Å². The average Bonchev–Trinajstić information content (AvgIpc) is 3.01. The molecule has 4 heteroatoms. The molecule has 0 N–H and O–H groups in total. The molecule has 26 heavy (non-hydrogen) atoms. The van der Waals surface area contributed by atoms with Crippen molar-refractivity contribution >= 4 is 0 Å². The Balaban J connectivity index is 1.79. The van der Waals surface area contributed by atoms with Crippen LogP contribution in [-0.2, 0) is 13.1 Å². The molecule has 2 heterocycles. The molecule has 0 aliphatic carbocycles. The second-order valence-electron chi connectivity index (χ2n) is 6.97. The zero-order valence-electron chi connectivity index (χ0n) is 14.8. The normalized spacial score (nSPS) is 17.7. The highest BCUT2D eigenvalue weighted by atomic mass is 19.1. The van der Waals surface area contributed by atoms with E-state index in [0.29, 0.717) is 6.54 Å². The molecule has 1 atom stereocenters. The fourth-order valence-electron chi connectivity index (χ4n) is 3.84. The van der Waals surface area contributed by atoms with Crippen LogP contribution in [-0.4, -0.2) is 16.0 Å². The summed E-state index contributed by atoms with van der Waals surface area (Å²) in [6, 6.07) is 16.0. The molecule has 0 bridgehead atoms. The van der Waals surface area contributed by atoms with E-state index in [9.17, 15) is 8.78 Å². The number of rotatable bonds is 3. The van der Waals surface area contributed by atoms with Crippen LogP contribution in [0, 0.1) is 18.6 Å². The quantitative estimate of drug-likeness (QED) is 0.639. The van der Waals surface area contributed by atoms with Crippen molar-refractivity contribution in [3.05, 3.63) is 94.8 Å². The number of aromatic nitrogens is 1. The van der Waals surface area contributed by atoms with Gasteiger partial charge >= 0.3 is 0 Å². The van der Waals surface area contributed by atoms with E-state index in [4.69, 9.17) is 0 Å². The molecular formula is C22H22F2N2. The van der Waals surface area contributed by atoms with E-state index < -0.39 is 17.7 Å². The van der Waals surface area contributed by atoms with Crippen LogP contribution in [0.5, 0.6) is 0 Å². The molecule has 2 aromatic carbocycles. The van der Waals surface area contributed by atoms with Gasteiger partial charge in [0.15, 0.2) is 0 Å². The van der Waals surface area contributed by atoms with Gasteiger partial charge in [-0.3, -0.25) is 4.90 Å². The molecule has 1 aromatic heterocycles. The van der Waals surface area contributed by atoms with E-state index >= 15 is 0 Å². The fourth-order valence-corrected chi connectivity index (χ4v) is 3.84. The first kappa shape index (κ1) is 17.0. The van der Waals surface area contributed by atoms with E-state index in [1.165, 1.54) is 23.8 Å². The highest BCUT2D eigenvalue weighted by Crippen LogP contribution is 2.35. The Labute approximate surface area is 152 Å². The first-order chi connectivity index (χ1) is 12.6. The first-order valence-corrected chi connectivity index (χ1v) is 9.02. The maximum atomic E-state index is 14.7. The maximum absolute atomic E-state index is 14.7. The van der Waals surface area contributed by atoms with Crippen LogP contribution in [0.15, 0.2) is 60.8 Å². The zero-order chi connectivity index (χ0) is 18.1. The highest BCUT2D eigenvalue weighted by Gasteiger charge is 2.31. The minimum absolute atomic E-state index is 0.140. The van der Waals surface area contributed by atoms with Crippen molar-refractivity contribution in [3.8, 4) is 0 Å². The number of halogens is 2. The molecule has 0 fully saturated rings. The van der Waals surface area contributed by atoms with E-state index in [-0.39, 0.29) is 5.56 Å². The van der Waals surface area contributed by atoms with Crippen molar-refractivity contribution in [2.75, 3.05) is 6.54 Å². The molecule has 1 aliphatic heterocycles. The molecular weight excluding hydrogens is 330 g/mol. The third-order valence-corrected chi connectivity index (χ3v) is 5.13. The van der Waals surface area contributed by atoms with Crippen LogP contribution in [0.2, 0.25) is 0 Å². The molecule has 0 radical (unpaired) electrons. The lowest BCUT2D eigenvalue weighted by Gasteiger charge is -2.31. The van der Waals surface area contributed by atoms with Crippen molar-refractivity contribution in [3.63, 3.8) is 0 Å². The van der Waals surface area contributed by atoms with Crippen LogP contribution < -0.4 is 0 Å². The lowest BCUT2D eigenvalue weighted by Crippen LogP contribution is -2.30. The second kappa shape index (κ2) is 7.04. The van der Waals surface area contributed by atoms with Crippen LogP contribution in [0.4, 0.5) is 8.78 Å². The van der Waals surface area contributed by atoms with Gasteiger partial charge in [-0.1, -0.05) is 35.9 Å². The molecule has 3 aromatic rings. The van der Waals surface area contributed by atoms with E-state index in [0.717, 1.165) is 30.8 Å². The number of hydrogen-bond donors (Lipinski definition) is 0. The summed E-state index contributed by atoms with van der Waals surface area (Å²) < 4.78 is 31.4. The molecule has 1 unspecified atom stereocenters. The smallest absolute Gasteiger partial charge is 0.131 e. The van der Waals surface area contributed by atoms with Crippen LogP contribution in [0.25, 0.3) is 0 Å². The van der Waals surface area contributed by atoms with Crippen molar-refractivity contribution in [2.45, 2.75) is 32.5 Å². The second-order valence-corrected chi connectivity index (χ2v) is 6.97. The van der Waals surface area contributed by atoms with Gasteiger partial charge in [0.25, 0.3) is 0 Å². The van der Waals surface area contributed by atoms with Gasteiger partial charge in [-0.15, -0.1) is 0 Å². The van der Waals surface area contributed by atoms with Gasteiger partial charge in [0, 0.05) is 37.1 Å². The van der Waals surface area contributed by atoms with Gasteiger partial charge in [-0.25, -0.2) is 8.78 Å². The lowest BCUT2D eigenvalue weighted by molar-refractivity contribution is 0.212. The summed E-state index contributed by atoms with van der Waals surface area (Å²) in [5.74, 6) is -0.975. The van der Waals surface area contributed by atoms with Crippen LogP contribution in [0.3, 0.4) is 0 Å². The van der Waals surface area contributed by atoms with Crippen molar-refractivity contribution in [1.82, 2.24) is 9.47 Å². The van der Waals surface area contributed by atoms with Crippen molar-refractivity contribution < 1.29 is 8.78 Å². The Bertz CT molecular complexity index is 879. The molecule has 0 spiro atoms. The average molecular weight is 352 g/mol. The number of hydrogen-bond acceptors (Lipinski definition) is 1. The summed E-state index contributed by atoms with van der Waals surface area (Å²) in [7, 11) is 0. The minimum Gasteiger partial charge on any atom is -0.350 e. The monoisotopic (exact) mass is 352 g/mol. The summed E-state index contributed by atoms with van der Waals surface area (Å²) in [6.07, 6.45) is 2.94. The molecule has 1 aliphatic rings. The Morgan fingerprint density at radius 2 is 1.65 bits per heavy atom. The largest absolute Gasteiger partial charge is 0.350 e. The SMILES string of the molecule is Cc1ccc(CN2CCCn3cccc3C2c2c(F)cccc2F)cc1. The Morgan fingerprint density at radius 1 is 0.923 bits per heavy atom. The predicted octanol–water partition coefficient (Wildman–Crippen LogP) is 5.07. The fraction of sp³-hybridized carbons (Fsp3) is 0.273. The molecule has 0 saturated carbocycles. The van der Waals surface area contributed by atoms with Gasteiger partial charge < -0.3 is 4.57 Å². The molecule has 0 amide bonds. The molecule has 2 nitrogen and oxygen atoms in total. The summed E-state index contributed by atoms with van der Waals surface area (Å²) in [6.45, 7) is 4.36. The van der Waals surface area contributed by atoms with Crippen molar-refractivity contribution in [1.29, 1.82) is 0 Å². The summed E-state index contributed by atoms with van der Waals surface area (Å²) in [4.78, 5) is 2.19. The third kappa shape index (κ3) is 3.17. The summed E-state index contributed by atoms with van der Waals surface area (Å²) in [5, 5.41) is 0. The first-order valence-electron chi connectivity index (χ1n) is 9.02. The standard InChI is InChI=1S/C22H22F2N2/c1-16-8-10-17(11-9-16)15-26-14-4-13-25-12-3-7-20(25)22(26)21-18(23)5-2-6-19(21)24/h2-3,5-12,22H,4,13-15H2,1H3. The predicted molar refractivity (Wildman–Crippen MR) is 98.8 cm³/mol. The summed E-state index contributed by atoms with van der Waals surface area (Å²) >= 11 is 0. The van der Waals surface area contributed by atoms with E-state index in [1.807, 2.05) is 18.3 Å². The number of fused-ring (bicyclic) bond motifs is 1. The van der Waals surface area contributed by atoms with Crippen molar-refractivity contribution in [2.24, 2.45) is 0 Å². The lowest BCUT2D eigenvalue weighted by atomic mass is 9.99. The van der Waals surface area contributed by atoms with Crippen LogP contribution in [0.1, 0.15) is 34.8 Å². The highest BCUT2D eigenvalue weighted by molar-refractivity contribution is 5.33. The van der Waals surface area contributed by atoms with Gasteiger partial charge in [-0.2, -0.15) is 0 Å². The number of benzene rings is 2. The summed E-state index contributed by atoms with van der Waals surface area (Å²) in [5.41, 5.74) is 3.44. The molecule has 4 rings (SSSR count). The topological polar surface area (TPSA) is 8.17 Å². The van der Waals surface area contributed by atoms with Gasteiger partial charge in [-0.05, 0) is 43.2 Å². The minimum atomic E-state index is -0.487. The Hall–Kier alpha value is -2.46. The number of nitrogens with zero attached hydrogens (tertiary/aromatic N) is 2. The molecule has 134 valence electrons. The zero-order valence-corrected chi connectivity index (χ0v) is 14.8. The van der Waals surface area contributed by atoms with E-state index in [1.54, 1.807) is 0 Å². The van der Waals surface area contributed by atoms with Crippen LogP contribution >= 0.6 is 0 Å². The van der Waals surface area contributed by atoms with Gasteiger partial charge in [0.1, 0.15) is 11.6 Å². The van der Waals surface area contributed by atoms with E-state index in [2.05, 4.69) is 40.7 Å². The Morgan fingerprint density at radius 3 is 2.38 bits per heavy atom. The number of aryl methyl sites for hydroxylation is 2. The Kier molecular flexibility index (Phi) is 4.60. The van der Waals surface area contributed by atoms with Gasteiger partial charge in [0.05, 0.1) is 6.04 Å². The third-order valence-electron chi connectivity index (χ3n) is 5.13. The molecule has 0 saturated heterocycles.